The summed E-state index contributed by atoms with van der Waals surface area (Å²) in [7, 11) is 1.62. The number of benzene rings is 3. The summed E-state index contributed by atoms with van der Waals surface area (Å²) in [5.74, 6) is 0.627. The average Bonchev–Trinajstić information content (AvgIpc) is 3.31. The number of amides is 1. The van der Waals surface area contributed by atoms with Gasteiger partial charge in [0.1, 0.15) is 12.1 Å². The summed E-state index contributed by atoms with van der Waals surface area (Å²) in [6, 6.07) is 27.3. The van der Waals surface area contributed by atoms with Crippen molar-refractivity contribution in [1.29, 1.82) is 0 Å². The summed E-state index contributed by atoms with van der Waals surface area (Å²) < 4.78 is 7.29. The van der Waals surface area contributed by atoms with Crippen LogP contribution in [0, 0.1) is 0 Å². The molecule has 1 aromatic heterocycles. The van der Waals surface area contributed by atoms with Crippen molar-refractivity contribution in [3.8, 4) is 11.4 Å². The lowest BCUT2D eigenvalue weighted by molar-refractivity contribution is -0.120. The van der Waals surface area contributed by atoms with Crippen molar-refractivity contribution in [2.75, 3.05) is 7.11 Å². The summed E-state index contributed by atoms with van der Waals surface area (Å²) >= 11 is 1.35. The Kier molecular flexibility index (Phi) is 6.87. The third-order valence-electron chi connectivity index (χ3n) is 5.07. The van der Waals surface area contributed by atoms with E-state index in [2.05, 4.69) is 15.5 Å². The fourth-order valence-electron chi connectivity index (χ4n) is 3.42. The molecule has 4 rings (SSSR count). The van der Waals surface area contributed by atoms with Crippen LogP contribution < -0.4 is 10.1 Å². The van der Waals surface area contributed by atoms with Crippen LogP contribution in [0.4, 0.5) is 0 Å². The maximum absolute atomic E-state index is 13.2. The van der Waals surface area contributed by atoms with E-state index in [1.807, 2.05) is 96.4 Å². The van der Waals surface area contributed by atoms with Gasteiger partial charge >= 0.3 is 0 Å². The monoisotopic (exact) mass is 444 g/mol. The van der Waals surface area contributed by atoms with Gasteiger partial charge in [-0.1, -0.05) is 84.6 Å². The molecule has 162 valence electrons. The van der Waals surface area contributed by atoms with Crippen LogP contribution in [0.1, 0.15) is 24.1 Å². The number of methoxy groups -OCH3 is 1. The molecule has 0 bridgehead atoms. The molecule has 1 atom stereocenters. The summed E-state index contributed by atoms with van der Waals surface area (Å²) in [5.41, 5.74) is 2.88. The first kappa shape index (κ1) is 21.6. The highest BCUT2D eigenvalue weighted by Crippen LogP contribution is 2.29. The van der Waals surface area contributed by atoms with Gasteiger partial charge in [0.25, 0.3) is 0 Å². The largest absolute Gasteiger partial charge is 0.495 e. The highest BCUT2D eigenvalue weighted by atomic mass is 32.2. The van der Waals surface area contributed by atoms with Crippen molar-refractivity contribution in [2.45, 2.75) is 23.4 Å². The second kappa shape index (κ2) is 10.2. The molecule has 0 saturated heterocycles. The van der Waals surface area contributed by atoms with Crippen molar-refractivity contribution in [3.63, 3.8) is 0 Å². The Balaban J connectivity index is 1.54. The molecule has 7 heteroatoms. The summed E-state index contributed by atoms with van der Waals surface area (Å²) in [5, 5.41) is 11.7. The molecule has 32 heavy (non-hydrogen) atoms. The number of hydrogen-bond acceptors (Lipinski definition) is 5. The number of aromatic nitrogens is 3. The van der Waals surface area contributed by atoms with E-state index < -0.39 is 0 Å². The number of ether oxygens (including phenoxy) is 1. The Morgan fingerprint density at radius 3 is 2.16 bits per heavy atom. The zero-order valence-corrected chi connectivity index (χ0v) is 18.7. The number of nitrogens with one attached hydrogen (secondary N) is 1. The molecule has 0 saturated carbocycles. The standard InChI is InChI=1S/C25H24N4O2S/c1-18(32-25-28-26-17-29(25)21-15-9-10-16-22(21)31-2)24(30)27-23(19-11-5-3-6-12-19)20-13-7-4-8-14-20/h3-18,23H,1-2H3,(H,27,30)/t18-/m1/s1. The van der Waals surface area contributed by atoms with E-state index in [1.54, 1.807) is 13.4 Å². The molecular formula is C25H24N4O2S. The molecule has 0 unspecified atom stereocenters. The van der Waals surface area contributed by atoms with Crippen LogP contribution in [0.25, 0.3) is 5.69 Å². The predicted molar refractivity (Wildman–Crippen MR) is 126 cm³/mol. The smallest absolute Gasteiger partial charge is 0.234 e. The second-order valence-electron chi connectivity index (χ2n) is 7.18. The number of para-hydroxylation sites is 2. The summed E-state index contributed by atoms with van der Waals surface area (Å²) in [4.78, 5) is 13.2. The molecule has 0 fully saturated rings. The first-order valence-corrected chi connectivity index (χ1v) is 11.2. The molecule has 3 aromatic carbocycles. The van der Waals surface area contributed by atoms with Crippen molar-refractivity contribution >= 4 is 17.7 Å². The van der Waals surface area contributed by atoms with E-state index in [0.29, 0.717) is 10.9 Å². The highest BCUT2D eigenvalue weighted by Gasteiger charge is 2.23. The van der Waals surface area contributed by atoms with Gasteiger partial charge in [-0.3, -0.25) is 9.36 Å². The molecule has 0 aliphatic carbocycles. The van der Waals surface area contributed by atoms with Crippen LogP contribution in [-0.2, 0) is 4.79 Å². The Morgan fingerprint density at radius 1 is 0.938 bits per heavy atom. The summed E-state index contributed by atoms with van der Waals surface area (Å²) in [6.07, 6.45) is 1.63. The van der Waals surface area contributed by atoms with Crippen LogP contribution in [0.2, 0.25) is 0 Å². The van der Waals surface area contributed by atoms with Gasteiger partial charge in [0.2, 0.25) is 5.91 Å². The number of hydrogen-bond donors (Lipinski definition) is 1. The van der Waals surface area contributed by atoms with E-state index in [0.717, 1.165) is 16.8 Å². The number of thioether (sulfide) groups is 1. The lowest BCUT2D eigenvalue weighted by Gasteiger charge is -2.22. The lowest BCUT2D eigenvalue weighted by Crippen LogP contribution is -2.35. The van der Waals surface area contributed by atoms with Gasteiger partial charge in [0.05, 0.1) is 24.1 Å². The first-order chi connectivity index (χ1) is 15.7. The molecule has 0 aliphatic heterocycles. The fraction of sp³-hybridized carbons (Fsp3) is 0.160. The minimum Gasteiger partial charge on any atom is -0.495 e. The quantitative estimate of drug-likeness (QED) is 0.400. The van der Waals surface area contributed by atoms with E-state index in [4.69, 9.17) is 4.74 Å². The molecular weight excluding hydrogens is 420 g/mol. The number of rotatable bonds is 8. The highest BCUT2D eigenvalue weighted by molar-refractivity contribution is 8.00. The molecule has 0 radical (unpaired) electrons. The predicted octanol–water partition coefficient (Wildman–Crippen LogP) is 4.66. The zero-order valence-electron chi connectivity index (χ0n) is 17.9. The molecule has 1 N–H and O–H groups in total. The van der Waals surface area contributed by atoms with E-state index in [-0.39, 0.29) is 17.2 Å². The van der Waals surface area contributed by atoms with Crippen molar-refractivity contribution in [1.82, 2.24) is 20.1 Å². The molecule has 1 amide bonds. The topological polar surface area (TPSA) is 69.0 Å². The normalized spacial score (nSPS) is 11.8. The maximum Gasteiger partial charge on any atom is 0.234 e. The second-order valence-corrected chi connectivity index (χ2v) is 8.49. The summed E-state index contributed by atoms with van der Waals surface area (Å²) in [6.45, 7) is 1.87. The van der Waals surface area contributed by atoms with Gasteiger partial charge in [-0.15, -0.1) is 10.2 Å². The van der Waals surface area contributed by atoms with E-state index >= 15 is 0 Å². The van der Waals surface area contributed by atoms with Crippen molar-refractivity contribution < 1.29 is 9.53 Å². The van der Waals surface area contributed by atoms with Gasteiger partial charge in [-0.05, 0) is 30.2 Å². The Hall–Kier alpha value is -3.58. The van der Waals surface area contributed by atoms with E-state index in [9.17, 15) is 4.79 Å². The molecule has 0 aliphatic rings. The first-order valence-electron chi connectivity index (χ1n) is 10.3. The molecule has 0 spiro atoms. The SMILES string of the molecule is COc1ccccc1-n1cnnc1S[C@H](C)C(=O)NC(c1ccccc1)c1ccccc1. The minimum absolute atomic E-state index is 0.0812. The number of nitrogens with zero attached hydrogens (tertiary/aromatic N) is 3. The van der Waals surface area contributed by atoms with Gasteiger partial charge in [-0.25, -0.2) is 0 Å². The molecule has 1 heterocycles. The Bertz CT molecular complexity index is 1130. The van der Waals surface area contributed by atoms with Crippen molar-refractivity contribution in [3.05, 3.63) is 102 Å². The Labute approximate surface area is 191 Å². The molecule has 4 aromatic rings. The number of carbonyl (C=O) groups excluding carboxylic acids is 1. The maximum atomic E-state index is 13.2. The van der Waals surface area contributed by atoms with Crippen LogP contribution in [0.15, 0.2) is 96.4 Å². The van der Waals surface area contributed by atoms with Crippen molar-refractivity contribution in [2.24, 2.45) is 0 Å². The van der Waals surface area contributed by atoms with Crippen LogP contribution >= 0.6 is 11.8 Å². The number of carbonyl (C=O) groups is 1. The van der Waals surface area contributed by atoms with E-state index in [1.165, 1.54) is 11.8 Å². The van der Waals surface area contributed by atoms with Crippen LogP contribution in [-0.4, -0.2) is 33.0 Å². The fourth-order valence-corrected chi connectivity index (χ4v) is 4.26. The minimum atomic E-state index is -0.386. The lowest BCUT2D eigenvalue weighted by atomic mass is 9.98. The van der Waals surface area contributed by atoms with Crippen LogP contribution in [0.5, 0.6) is 5.75 Å². The third kappa shape index (κ3) is 4.84. The van der Waals surface area contributed by atoms with Gasteiger partial charge in [0, 0.05) is 0 Å². The third-order valence-corrected chi connectivity index (χ3v) is 6.12. The van der Waals surface area contributed by atoms with Gasteiger partial charge in [0.15, 0.2) is 5.16 Å². The Morgan fingerprint density at radius 2 is 1.53 bits per heavy atom. The molecule has 6 nitrogen and oxygen atoms in total. The zero-order chi connectivity index (χ0) is 22.3. The van der Waals surface area contributed by atoms with Crippen LogP contribution in [0.3, 0.4) is 0 Å². The van der Waals surface area contributed by atoms with Gasteiger partial charge < -0.3 is 10.1 Å². The average molecular weight is 445 g/mol. The van der Waals surface area contributed by atoms with Gasteiger partial charge in [-0.2, -0.15) is 0 Å².